The van der Waals surface area contributed by atoms with E-state index in [1.807, 2.05) is 0 Å². The molecule has 6 heteroatoms. The average Bonchev–Trinajstić information content (AvgIpc) is 2.20. The Labute approximate surface area is 83.3 Å². The van der Waals surface area contributed by atoms with Crippen molar-refractivity contribution in [2.75, 3.05) is 6.54 Å². The lowest BCUT2D eigenvalue weighted by Crippen LogP contribution is -2.15. The molecule has 0 aliphatic heterocycles. The molecule has 0 bridgehead atoms. The van der Waals surface area contributed by atoms with Gasteiger partial charge in [-0.1, -0.05) is 0 Å². The summed E-state index contributed by atoms with van der Waals surface area (Å²) in [5.74, 6) is -5.17. The van der Waals surface area contributed by atoms with Crippen molar-refractivity contribution in [3.05, 3.63) is 34.9 Å². The van der Waals surface area contributed by atoms with Gasteiger partial charge in [0.05, 0.1) is 12.1 Å². The summed E-state index contributed by atoms with van der Waals surface area (Å²) in [5.41, 5.74) is 3.87. The number of carbonyl (C=O) groups excluding carboxylic acids is 1. The molecule has 1 aromatic rings. The van der Waals surface area contributed by atoms with Gasteiger partial charge in [-0.15, -0.1) is 0 Å². The van der Waals surface area contributed by atoms with Crippen LogP contribution in [0.3, 0.4) is 0 Å². The molecule has 0 aromatic heterocycles. The highest BCUT2D eigenvalue weighted by atomic mass is 19.2. The monoisotopic (exact) mass is 215 g/mol. The van der Waals surface area contributed by atoms with Gasteiger partial charge in [0, 0.05) is 5.56 Å². The Morgan fingerprint density at radius 2 is 1.93 bits per heavy atom. The van der Waals surface area contributed by atoms with E-state index in [0.717, 1.165) is 6.07 Å². The quantitative estimate of drug-likeness (QED) is 0.731. The predicted octanol–water partition coefficient (Wildman–Crippen LogP) is 0.804. The van der Waals surface area contributed by atoms with Crippen LogP contribution in [0.25, 0.3) is 0 Å². The van der Waals surface area contributed by atoms with Crippen molar-refractivity contribution in [3.8, 4) is 0 Å². The van der Waals surface area contributed by atoms with Crippen LogP contribution in [0.15, 0.2) is 12.1 Å². The van der Waals surface area contributed by atoms with E-state index in [2.05, 4.69) is 0 Å². The van der Waals surface area contributed by atoms with Crippen LogP contribution in [0, 0.1) is 11.6 Å². The largest absolute Gasteiger partial charge is 0.478 e. The minimum Gasteiger partial charge on any atom is -0.478 e. The third-order valence-corrected chi connectivity index (χ3v) is 1.77. The number of halogens is 2. The molecular weight excluding hydrogens is 208 g/mol. The van der Waals surface area contributed by atoms with Gasteiger partial charge in [0.25, 0.3) is 0 Å². The van der Waals surface area contributed by atoms with E-state index < -0.39 is 35.5 Å². The van der Waals surface area contributed by atoms with Gasteiger partial charge in [0.2, 0.25) is 0 Å². The number of benzene rings is 1. The van der Waals surface area contributed by atoms with Gasteiger partial charge in [-0.3, -0.25) is 4.79 Å². The van der Waals surface area contributed by atoms with Crippen LogP contribution >= 0.6 is 0 Å². The Kier molecular flexibility index (Phi) is 3.11. The molecule has 0 saturated heterocycles. The minimum atomic E-state index is -1.64. The zero-order chi connectivity index (χ0) is 11.6. The summed E-state index contributed by atoms with van der Waals surface area (Å²) < 4.78 is 25.8. The SMILES string of the molecule is NCC(=O)c1cc(F)c(F)c(C(=O)O)c1. The van der Waals surface area contributed by atoms with Gasteiger partial charge < -0.3 is 10.8 Å². The fourth-order valence-corrected chi connectivity index (χ4v) is 1.02. The van der Waals surface area contributed by atoms with Crippen LogP contribution in [0.1, 0.15) is 20.7 Å². The maximum Gasteiger partial charge on any atom is 0.338 e. The van der Waals surface area contributed by atoms with E-state index in [1.165, 1.54) is 0 Å². The van der Waals surface area contributed by atoms with Crippen molar-refractivity contribution in [2.45, 2.75) is 0 Å². The Bertz CT molecular complexity index is 432. The molecule has 0 amide bonds. The highest BCUT2D eigenvalue weighted by Crippen LogP contribution is 2.15. The molecule has 80 valence electrons. The molecule has 3 N–H and O–H groups in total. The summed E-state index contributed by atoms with van der Waals surface area (Å²) >= 11 is 0. The maximum atomic E-state index is 12.9. The standard InChI is InChI=1S/C9H7F2NO3/c10-6-2-4(7(13)3-12)1-5(8(6)11)9(14)15/h1-2H,3,12H2,(H,14,15). The molecule has 0 heterocycles. The number of Topliss-reactive ketones (excluding diaryl/α,β-unsaturated/α-hetero) is 1. The third-order valence-electron chi connectivity index (χ3n) is 1.77. The molecule has 0 aliphatic carbocycles. The number of carbonyl (C=O) groups is 2. The maximum absolute atomic E-state index is 12.9. The number of rotatable bonds is 3. The highest BCUT2D eigenvalue weighted by Gasteiger charge is 2.18. The first-order valence-electron chi connectivity index (χ1n) is 3.93. The Morgan fingerprint density at radius 1 is 1.33 bits per heavy atom. The fraction of sp³-hybridized carbons (Fsp3) is 0.111. The predicted molar refractivity (Wildman–Crippen MR) is 46.7 cm³/mol. The molecule has 15 heavy (non-hydrogen) atoms. The Morgan fingerprint density at radius 3 is 2.40 bits per heavy atom. The fourth-order valence-electron chi connectivity index (χ4n) is 1.02. The number of carboxylic acids is 1. The summed E-state index contributed by atoms with van der Waals surface area (Å²) in [6.07, 6.45) is 0. The van der Waals surface area contributed by atoms with E-state index in [9.17, 15) is 18.4 Å². The summed E-state index contributed by atoms with van der Waals surface area (Å²) in [7, 11) is 0. The molecule has 0 saturated carbocycles. The van der Waals surface area contributed by atoms with E-state index >= 15 is 0 Å². The van der Waals surface area contributed by atoms with Crippen molar-refractivity contribution in [1.29, 1.82) is 0 Å². The number of aromatic carboxylic acids is 1. The number of carboxylic acid groups (broad SMARTS) is 1. The smallest absolute Gasteiger partial charge is 0.338 e. The van der Waals surface area contributed by atoms with Gasteiger partial charge in [-0.05, 0) is 12.1 Å². The van der Waals surface area contributed by atoms with Crippen LogP contribution in [-0.4, -0.2) is 23.4 Å². The second kappa shape index (κ2) is 4.14. The molecule has 0 aliphatic rings. The van der Waals surface area contributed by atoms with Gasteiger partial charge in [0.15, 0.2) is 17.4 Å². The lowest BCUT2D eigenvalue weighted by atomic mass is 10.1. The first kappa shape index (κ1) is 11.3. The summed E-state index contributed by atoms with van der Waals surface area (Å²) in [6.45, 7) is -0.399. The van der Waals surface area contributed by atoms with Gasteiger partial charge in [-0.2, -0.15) is 0 Å². The topological polar surface area (TPSA) is 80.4 Å². The van der Waals surface area contributed by atoms with Crippen LogP contribution in [0.2, 0.25) is 0 Å². The zero-order valence-corrected chi connectivity index (χ0v) is 7.46. The average molecular weight is 215 g/mol. The van der Waals surface area contributed by atoms with Crippen LogP contribution < -0.4 is 5.73 Å². The van der Waals surface area contributed by atoms with E-state index in [1.54, 1.807) is 0 Å². The number of nitrogens with two attached hydrogens (primary N) is 1. The second-order valence-electron chi connectivity index (χ2n) is 2.75. The Hall–Kier alpha value is -1.82. The van der Waals surface area contributed by atoms with Gasteiger partial charge in [0.1, 0.15) is 0 Å². The molecule has 4 nitrogen and oxygen atoms in total. The van der Waals surface area contributed by atoms with E-state index in [-0.39, 0.29) is 5.56 Å². The third kappa shape index (κ3) is 2.16. The van der Waals surface area contributed by atoms with Crippen molar-refractivity contribution in [3.63, 3.8) is 0 Å². The van der Waals surface area contributed by atoms with Crippen LogP contribution in [0.5, 0.6) is 0 Å². The lowest BCUT2D eigenvalue weighted by molar-refractivity contribution is 0.0690. The molecule has 0 spiro atoms. The van der Waals surface area contributed by atoms with Crippen molar-refractivity contribution in [1.82, 2.24) is 0 Å². The normalized spacial score (nSPS) is 10.1. The van der Waals surface area contributed by atoms with E-state index in [0.29, 0.717) is 6.07 Å². The lowest BCUT2D eigenvalue weighted by Gasteiger charge is -2.02. The van der Waals surface area contributed by atoms with Crippen LogP contribution in [-0.2, 0) is 0 Å². The molecule has 0 unspecified atom stereocenters. The molecule has 0 atom stereocenters. The molecule has 1 aromatic carbocycles. The van der Waals surface area contributed by atoms with Crippen molar-refractivity contribution < 1.29 is 23.5 Å². The minimum absolute atomic E-state index is 0.256. The molecule has 0 radical (unpaired) electrons. The summed E-state index contributed by atoms with van der Waals surface area (Å²) in [4.78, 5) is 21.5. The number of hydrogen-bond donors (Lipinski definition) is 2. The Balaban J connectivity index is 3.35. The van der Waals surface area contributed by atoms with Gasteiger partial charge >= 0.3 is 5.97 Å². The number of ketones is 1. The molecular formula is C9H7F2NO3. The van der Waals surface area contributed by atoms with Crippen molar-refractivity contribution >= 4 is 11.8 Å². The van der Waals surface area contributed by atoms with E-state index in [4.69, 9.17) is 10.8 Å². The first-order valence-corrected chi connectivity index (χ1v) is 3.93. The first-order chi connectivity index (χ1) is 6.97. The van der Waals surface area contributed by atoms with Gasteiger partial charge in [-0.25, -0.2) is 13.6 Å². The molecule has 1 rings (SSSR count). The highest BCUT2D eigenvalue weighted by molar-refractivity contribution is 6.00. The second-order valence-corrected chi connectivity index (χ2v) is 2.75. The van der Waals surface area contributed by atoms with Crippen molar-refractivity contribution in [2.24, 2.45) is 5.73 Å². The summed E-state index contributed by atoms with van der Waals surface area (Å²) in [5, 5.41) is 8.52. The number of hydrogen-bond acceptors (Lipinski definition) is 3. The summed E-state index contributed by atoms with van der Waals surface area (Å²) in [6, 6.07) is 1.38. The molecule has 0 fully saturated rings. The van der Waals surface area contributed by atoms with Crippen LogP contribution in [0.4, 0.5) is 8.78 Å². The zero-order valence-electron chi connectivity index (χ0n) is 7.46.